The van der Waals surface area contributed by atoms with E-state index in [0.29, 0.717) is 11.3 Å². The number of carboxylic acid groups (broad SMARTS) is 1. The lowest BCUT2D eigenvalue weighted by Crippen LogP contribution is -2.20. The summed E-state index contributed by atoms with van der Waals surface area (Å²) in [5.41, 5.74) is 1.15. The number of benzene rings is 1. The van der Waals surface area contributed by atoms with E-state index in [1.54, 1.807) is 26.0 Å². The molecule has 0 spiro atoms. The Morgan fingerprint density at radius 3 is 2.52 bits per heavy atom. The molecule has 0 atom stereocenters. The van der Waals surface area contributed by atoms with Gasteiger partial charge in [0, 0.05) is 16.6 Å². The molecule has 7 heteroatoms. The molecule has 110 valence electrons. The van der Waals surface area contributed by atoms with Gasteiger partial charge in [0.25, 0.3) is 0 Å². The minimum absolute atomic E-state index is 0.0295. The standard InChI is InChI=1S/C14H14N2O4S/c1-7-8(2)21-12(11(7)13(18)19)16-14(20)15-9-4-3-5-10(17)6-9/h3-6,17H,1-2H3,(H,18,19)(H2,15,16,20). The van der Waals surface area contributed by atoms with Crippen LogP contribution < -0.4 is 10.6 Å². The van der Waals surface area contributed by atoms with Gasteiger partial charge in [-0.2, -0.15) is 0 Å². The highest BCUT2D eigenvalue weighted by atomic mass is 32.1. The number of aromatic carboxylic acids is 1. The number of aromatic hydroxyl groups is 1. The number of phenolic OH excluding ortho intramolecular Hbond substituents is 1. The predicted molar refractivity (Wildman–Crippen MR) is 81.5 cm³/mol. The molecule has 0 unspecified atom stereocenters. The highest BCUT2D eigenvalue weighted by molar-refractivity contribution is 7.16. The number of carbonyl (C=O) groups excluding carboxylic acids is 1. The molecule has 2 amide bonds. The van der Waals surface area contributed by atoms with Crippen LogP contribution in [0.25, 0.3) is 0 Å². The summed E-state index contributed by atoms with van der Waals surface area (Å²) in [6.45, 7) is 3.50. The predicted octanol–water partition coefficient (Wildman–Crippen LogP) is 3.41. The molecular weight excluding hydrogens is 292 g/mol. The summed E-state index contributed by atoms with van der Waals surface area (Å²) in [5.74, 6) is -1.05. The molecule has 0 radical (unpaired) electrons. The van der Waals surface area contributed by atoms with Crippen molar-refractivity contribution in [3.8, 4) is 5.75 Å². The summed E-state index contributed by atoms with van der Waals surface area (Å²) in [4.78, 5) is 24.0. The molecular formula is C14H14N2O4S. The monoisotopic (exact) mass is 306 g/mol. The molecule has 2 aromatic rings. The number of amides is 2. The van der Waals surface area contributed by atoms with E-state index >= 15 is 0 Å². The minimum atomic E-state index is -1.08. The largest absolute Gasteiger partial charge is 0.508 e. The van der Waals surface area contributed by atoms with E-state index < -0.39 is 12.0 Å². The first kappa shape index (κ1) is 14.9. The number of carbonyl (C=O) groups is 2. The van der Waals surface area contributed by atoms with Gasteiger partial charge in [0.15, 0.2) is 0 Å². The van der Waals surface area contributed by atoms with Gasteiger partial charge < -0.3 is 15.5 Å². The first-order chi connectivity index (χ1) is 9.88. The van der Waals surface area contributed by atoms with Crippen LogP contribution in [0.2, 0.25) is 0 Å². The molecule has 21 heavy (non-hydrogen) atoms. The molecule has 2 rings (SSSR count). The molecule has 0 aliphatic heterocycles. The third-order valence-electron chi connectivity index (χ3n) is 2.93. The Hall–Kier alpha value is -2.54. The first-order valence-electron chi connectivity index (χ1n) is 6.09. The second-order valence-corrected chi connectivity index (χ2v) is 5.65. The lowest BCUT2D eigenvalue weighted by Gasteiger charge is -2.07. The first-order valence-corrected chi connectivity index (χ1v) is 6.90. The van der Waals surface area contributed by atoms with Crippen LogP contribution >= 0.6 is 11.3 Å². The van der Waals surface area contributed by atoms with Crippen molar-refractivity contribution in [1.82, 2.24) is 0 Å². The summed E-state index contributed by atoms with van der Waals surface area (Å²) in [6.07, 6.45) is 0. The number of hydrogen-bond donors (Lipinski definition) is 4. The number of anilines is 2. The summed E-state index contributed by atoms with van der Waals surface area (Å²) >= 11 is 1.21. The lowest BCUT2D eigenvalue weighted by atomic mass is 10.1. The zero-order valence-corrected chi connectivity index (χ0v) is 12.2. The zero-order valence-electron chi connectivity index (χ0n) is 11.4. The third-order valence-corrected chi connectivity index (χ3v) is 4.05. The van der Waals surface area contributed by atoms with E-state index in [1.165, 1.54) is 23.5 Å². The highest BCUT2D eigenvalue weighted by Crippen LogP contribution is 2.32. The molecule has 0 fully saturated rings. The van der Waals surface area contributed by atoms with E-state index in [0.717, 1.165) is 4.88 Å². The second-order valence-electron chi connectivity index (χ2n) is 4.42. The van der Waals surface area contributed by atoms with Crippen LogP contribution in [0, 0.1) is 13.8 Å². The van der Waals surface area contributed by atoms with Crippen molar-refractivity contribution >= 4 is 34.0 Å². The second kappa shape index (κ2) is 5.84. The molecule has 1 heterocycles. The van der Waals surface area contributed by atoms with Crippen LogP contribution in [0.3, 0.4) is 0 Å². The third kappa shape index (κ3) is 3.32. The van der Waals surface area contributed by atoms with E-state index in [-0.39, 0.29) is 16.3 Å². The quantitative estimate of drug-likeness (QED) is 0.698. The Balaban J connectivity index is 2.17. The van der Waals surface area contributed by atoms with Gasteiger partial charge >= 0.3 is 12.0 Å². The summed E-state index contributed by atoms with van der Waals surface area (Å²) in [5, 5.41) is 23.9. The summed E-state index contributed by atoms with van der Waals surface area (Å²) in [7, 11) is 0. The fourth-order valence-corrected chi connectivity index (χ4v) is 2.87. The molecule has 1 aromatic carbocycles. The molecule has 4 N–H and O–H groups in total. The number of rotatable bonds is 3. The van der Waals surface area contributed by atoms with Gasteiger partial charge in [-0.3, -0.25) is 5.32 Å². The average Bonchev–Trinajstić information content (AvgIpc) is 2.64. The summed E-state index contributed by atoms with van der Waals surface area (Å²) in [6, 6.07) is 5.51. The van der Waals surface area contributed by atoms with E-state index in [9.17, 15) is 19.8 Å². The molecule has 6 nitrogen and oxygen atoms in total. The van der Waals surface area contributed by atoms with Crippen LogP contribution in [0.4, 0.5) is 15.5 Å². The van der Waals surface area contributed by atoms with Gasteiger partial charge in [0.2, 0.25) is 0 Å². The van der Waals surface area contributed by atoms with E-state index in [1.807, 2.05) is 0 Å². The molecule has 0 aliphatic rings. The van der Waals surface area contributed by atoms with Crippen molar-refractivity contribution in [2.75, 3.05) is 10.6 Å². The Kier molecular flexibility index (Phi) is 4.13. The fourth-order valence-electron chi connectivity index (χ4n) is 1.82. The average molecular weight is 306 g/mol. The Morgan fingerprint density at radius 2 is 1.90 bits per heavy atom. The molecule has 1 aromatic heterocycles. The number of hydrogen-bond acceptors (Lipinski definition) is 4. The maximum absolute atomic E-state index is 11.9. The number of thiophene rings is 1. The van der Waals surface area contributed by atoms with E-state index in [2.05, 4.69) is 10.6 Å². The maximum Gasteiger partial charge on any atom is 0.338 e. The molecule has 0 saturated carbocycles. The number of nitrogens with one attached hydrogen (secondary N) is 2. The number of aryl methyl sites for hydroxylation is 1. The zero-order chi connectivity index (χ0) is 15.6. The van der Waals surface area contributed by atoms with Gasteiger partial charge in [0.05, 0.1) is 5.56 Å². The van der Waals surface area contributed by atoms with Crippen molar-refractivity contribution in [3.05, 3.63) is 40.3 Å². The Labute approximate surface area is 125 Å². The van der Waals surface area contributed by atoms with Gasteiger partial charge in [-0.1, -0.05) is 6.07 Å². The van der Waals surface area contributed by atoms with Crippen LogP contribution in [0.15, 0.2) is 24.3 Å². The number of carboxylic acids is 1. The van der Waals surface area contributed by atoms with Crippen LogP contribution in [0.5, 0.6) is 5.75 Å². The van der Waals surface area contributed by atoms with Gasteiger partial charge in [-0.05, 0) is 31.5 Å². The highest BCUT2D eigenvalue weighted by Gasteiger charge is 2.20. The SMILES string of the molecule is Cc1sc(NC(=O)Nc2cccc(O)c2)c(C(=O)O)c1C. The lowest BCUT2D eigenvalue weighted by molar-refractivity contribution is 0.0697. The van der Waals surface area contributed by atoms with Crippen LogP contribution in [0.1, 0.15) is 20.8 Å². The topological polar surface area (TPSA) is 98.7 Å². The van der Waals surface area contributed by atoms with Crippen molar-refractivity contribution in [3.63, 3.8) is 0 Å². The van der Waals surface area contributed by atoms with Crippen molar-refractivity contribution in [2.45, 2.75) is 13.8 Å². The van der Waals surface area contributed by atoms with Crippen molar-refractivity contribution in [1.29, 1.82) is 0 Å². The Bertz CT molecular complexity index is 709. The van der Waals surface area contributed by atoms with Crippen molar-refractivity contribution in [2.24, 2.45) is 0 Å². The smallest absolute Gasteiger partial charge is 0.338 e. The normalized spacial score (nSPS) is 10.2. The van der Waals surface area contributed by atoms with Crippen LogP contribution in [-0.4, -0.2) is 22.2 Å². The summed E-state index contributed by atoms with van der Waals surface area (Å²) < 4.78 is 0. The molecule has 0 aliphatic carbocycles. The van der Waals surface area contributed by atoms with Crippen molar-refractivity contribution < 1.29 is 19.8 Å². The molecule has 0 bridgehead atoms. The Morgan fingerprint density at radius 1 is 1.19 bits per heavy atom. The number of urea groups is 1. The van der Waals surface area contributed by atoms with Crippen LogP contribution in [-0.2, 0) is 0 Å². The van der Waals surface area contributed by atoms with Gasteiger partial charge in [0.1, 0.15) is 10.8 Å². The number of phenols is 1. The van der Waals surface area contributed by atoms with Gasteiger partial charge in [-0.15, -0.1) is 11.3 Å². The molecule has 0 saturated heterocycles. The van der Waals surface area contributed by atoms with Gasteiger partial charge in [-0.25, -0.2) is 9.59 Å². The minimum Gasteiger partial charge on any atom is -0.508 e. The maximum atomic E-state index is 11.9. The fraction of sp³-hybridized carbons (Fsp3) is 0.143. The van der Waals surface area contributed by atoms with E-state index in [4.69, 9.17) is 0 Å².